The van der Waals surface area contributed by atoms with Crippen LogP contribution in [0.4, 0.5) is 5.82 Å². The Bertz CT molecular complexity index is 744. The quantitative estimate of drug-likeness (QED) is 0.779. The van der Waals surface area contributed by atoms with Crippen LogP contribution in [0, 0.1) is 0 Å². The zero-order valence-electron chi connectivity index (χ0n) is 11.1. The van der Waals surface area contributed by atoms with Crippen LogP contribution in [0.15, 0.2) is 23.1 Å². The summed E-state index contributed by atoms with van der Waals surface area (Å²) in [5.41, 5.74) is 1.81. The third-order valence-electron chi connectivity index (χ3n) is 3.48. The summed E-state index contributed by atoms with van der Waals surface area (Å²) in [7, 11) is 1.95. The minimum absolute atomic E-state index is 0.482. The van der Waals surface area contributed by atoms with E-state index in [4.69, 9.17) is 4.52 Å². The van der Waals surface area contributed by atoms with Gasteiger partial charge in [-0.3, -0.25) is 0 Å². The summed E-state index contributed by atoms with van der Waals surface area (Å²) < 4.78 is 5.27. The van der Waals surface area contributed by atoms with Gasteiger partial charge >= 0.3 is 0 Å². The molecule has 0 amide bonds. The zero-order valence-corrected chi connectivity index (χ0v) is 11.1. The summed E-state index contributed by atoms with van der Waals surface area (Å²) in [6.07, 6.45) is 5.74. The Labute approximate surface area is 115 Å². The molecule has 3 heterocycles. The van der Waals surface area contributed by atoms with E-state index in [9.17, 15) is 0 Å². The summed E-state index contributed by atoms with van der Waals surface area (Å²) in [5, 5.41) is 4.03. The van der Waals surface area contributed by atoms with Gasteiger partial charge in [-0.2, -0.15) is 4.98 Å². The molecule has 0 spiro atoms. The number of fused-ring (bicyclic) bond motifs is 1. The molecule has 4 rings (SSSR count). The standard InChI is InChI=1S/C13H14N6O/c1-19(6-10-17-13(20-18-10)8-2-3-8)12-11-9(4-5-14-11)15-7-16-12/h4-5,7-8,14H,2-3,6H2,1H3. The van der Waals surface area contributed by atoms with Crippen LogP contribution >= 0.6 is 0 Å². The van der Waals surface area contributed by atoms with E-state index in [-0.39, 0.29) is 0 Å². The lowest BCUT2D eigenvalue weighted by Gasteiger charge is -2.16. The van der Waals surface area contributed by atoms with Crippen LogP contribution < -0.4 is 4.90 Å². The molecule has 1 aliphatic carbocycles. The van der Waals surface area contributed by atoms with Crippen molar-refractivity contribution >= 4 is 16.9 Å². The molecule has 7 heteroatoms. The number of nitrogens with zero attached hydrogens (tertiary/aromatic N) is 5. The monoisotopic (exact) mass is 270 g/mol. The van der Waals surface area contributed by atoms with Gasteiger partial charge in [-0.1, -0.05) is 5.16 Å². The lowest BCUT2D eigenvalue weighted by molar-refractivity contribution is 0.374. The summed E-state index contributed by atoms with van der Waals surface area (Å²) in [4.78, 5) is 18.1. The second kappa shape index (κ2) is 4.29. The zero-order chi connectivity index (χ0) is 13.5. The number of nitrogens with one attached hydrogen (secondary N) is 1. The summed E-state index contributed by atoms with van der Waals surface area (Å²) in [6, 6.07) is 1.92. The van der Waals surface area contributed by atoms with Gasteiger partial charge in [-0.25, -0.2) is 9.97 Å². The maximum absolute atomic E-state index is 5.27. The molecule has 0 saturated heterocycles. The largest absolute Gasteiger partial charge is 0.357 e. The highest BCUT2D eigenvalue weighted by molar-refractivity contribution is 5.85. The highest BCUT2D eigenvalue weighted by Gasteiger charge is 2.29. The first-order chi connectivity index (χ1) is 9.81. The van der Waals surface area contributed by atoms with Crippen LogP contribution in [-0.4, -0.2) is 32.1 Å². The van der Waals surface area contributed by atoms with Crippen LogP contribution in [0.2, 0.25) is 0 Å². The normalized spacial score (nSPS) is 14.8. The molecule has 0 atom stereocenters. The number of aromatic amines is 1. The lowest BCUT2D eigenvalue weighted by Crippen LogP contribution is -2.19. The van der Waals surface area contributed by atoms with Crippen LogP contribution in [0.25, 0.3) is 11.0 Å². The fourth-order valence-electron chi connectivity index (χ4n) is 2.26. The molecule has 3 aromatic heterocycles. The van der Waals surface area contributed by atoms with Crippen molar-refractivity contribution < 1.29 is 4.52 Å². The smallest absolute Gasteiger partial charge is 0.229 e. The van der Waals surface area contributed by atoms with Gasteiger partial charge in [0.2, 0.25) is 5.89 Å². The van der Waals surface area contributed by atoms with Gasteiger partial charge in [-0.05, 0) is 18.9 Å². The van der Waals surface area contributed by atoms with Gasteiger partial charge in [0.15, 0.2) is 11.6 Å². The second-order valence-electron chi connectivity index (χ2n) is 5.11. The first-order valence-electron chi connectivity index (χ1n) is 6.63. The molecule has 0 radical (unpaired) electrons. The number of H-pyrrole nitrogens is 1. The molecule has 0 aromatic carbocycles. The summed E-state index contributed by atoms with van der Waals surface area (Å²) >= 11 is 0. The first-order valence-corrected chi connectivity index (χ1v) is 6.63. The molecule has 0 unspecified atom stereocenters. The lowest BCUT2D eigenvalue weighted by atomic mass is 10.4. The van der Waals surface area contributed by atoms with Gasteiger partial charge in [0.25, 0.3) is 0 Å². The molecule has 1 N–H and O–H groups in total. The van der Waals surface area contributed by atoms with Gasteiger partial charge < -0.3 is 14.4 Å². The Morgan fingerprint density at radius 1 is 1.40 bits per heavy atom. The molecular formula is C13H14N6O. The van der Waals surface area contributed by atoms with E-state index in [1.165, 1.54) is 0 Å². The van der Waals surface area contributed by atoms with E-state index in [1.807, 2.05) is 24.2 Å². The highest BCUT2D eigenvalue weighted by Crippen LogP contribution is 2.38. The SMILES string of the molecule is CN(Cc1noc(C2CC2)n1)c1ncnc2cc[nH]c12. The van der Waals surface area contributed by atoms with E-state index >= 15 is 0 Å². The number of hydrogen-bond acceptors (Lipinski definition) is 6. The van der Waals surface area contributed by atoms with Crippen molar-refractivity contribution in [2.24, 2.45) is 0 Å². The average Bonchev–Trinajstić information content (AvgIpc) is 3.00. The van der Waals surface area contributed by atoms with Crippen LogP contribution in [0.1, 0.15) is 30.5 Å². The third kappa shape index (κ3) is 1.91. The fraction of sp³-hybridized carbons (Fsp3) is 0.385. The van der Waals surface area contributed by atoms with Crippen LogP contribution in [-0.2, 0) is 6.54 Å². The third-order valence-corrected chi connectivity index (χ3v) is 3.48. The molecule has 3 aromatic rings. The first kappa shape index (κ1) is 11.4. The van der Waals surface area contributed by atoms with Crippen molar-refractivity contribution in [1.29, 1.82) is 0 Å². The second-order valence-corrected chi connectivity index (χ2v) is 5.11. The van der Waals surface area contributed by atoms with Crippen molar-refractivity contribution in [3.63, 3.8) is 0 Å². The van der Waals surface area contributed by atoms with Crippen molar-refractivity contribution in [3.05, 3.63) is 30.3 Å². The minimum Gasteiger partial charge on any atom is -0.357 e. The Kier molecular flexibility index (Phi) is 2.45. The van der Waals surface area contributed by atoms with Gasteiger partial charge in [0, 0.05) is 19.2 Å². The average molecular weight is 270 g/mol. The van der Waals surface area contributed by atoms with E-state index in [0.29, 0.717) is 18.3 Å². The van der Waals surface area contributed by atoms with Crippen molar-refractivity contribution in [3.8, 4) is 0 Å². The molecule has 0 aliphatic heterocycles. The van der Waals surface area contributed by atoms with Crippen molar-refractivity contribution in [2.45, 2.75) is 25.3 Å². The highest BCUT2D eigenvalue weighted by atomic mass is 16.5. The van der Waals surface area contributed by atoms with E-state index in [2.05, 4.69) is 25.1 Å². The summed E-state index contributed by atoms with van der Waals surface area (Å²) in [6.45, 7) is 0.557. The molecule has 7 nitrogen and oxygen atoms in total. The molecule has 1 fully saturated rings. The number of aromatic nitrogens is 5. The van der Waals surface area contributed by atoms with Crippen LogP contribution in [0.3, 0.4) is 0 Å². The van der Waals surface area contributed by atoms with Crippen molar-refractivity contribution in [2.75, 3.05) is 11.9 Å². The van der Waals surface area contributed by atoms with E-state index in [0.717, 1.165) is 35.6 Å². The molecule has 1 saturated carbocycles. The van der Waals surface area contributed by atoms with Crippen molar-refractivity contribution in [1.82, 2.24) is 25.1 Å². The Balaban J connectivity index is 1.59. The fourth-order valence-corrected chi connectivity index (χ4v) is 2.26. The number of rotatable bonds is 4. The Morgan fingerprint density at radius 3 is 3.15 bits per heavy atom. The number of hydrogen-bond donors (Lipinski definition) is 1. The Morgan fingerprint density at radius 2 is 2.30 bits per heavy atom. The molecule has 20 heavy (non-hydrogen) atoms. The maximum atomic E-state index is 5.27. The van der Waals surface area contributed by atoms with Gasteiger partial charge in [0.1, 0.15) is 11.8 Å². The maximum Gasteiger partial charge on any atom is 0.229 e. The van der Waals surface area contributed by atoms with Gasteiger partial charge in [-0.15, -0.1) is 0 Å². The topological polar surface area (TPSA) is 83.7 Å². The van der Waals surface area contributed by atoms with E-state index < -0.39 is 0 Å². The molecule has 0 bridgehead atoms. The van der Waals surface area contributed by atoms with E-state index in [1.54, 1.807) is 6.33 Å². The minimum atomic E-state index is 0.482. The molecule has 1 aliphatic rings. The predicted molar refractivity (Wildman–Crippen MR) is 72.3 cm³/mol. The molecule has 102 valence electrons. The number of anilines is 1. The van der Waals surface area contributed by atoms with Crippen LogP contribution in [0.5, 0.6) is 0 Å². The Hall–Kier alpha value is -2.44. The predicted octanol–water partition coefficient (Wildman–Crippen LogP) is 1.85. The van der Waals surface area contributed by atoms with Gasteiger partial charge in [0.05, 0.1) is 12.1 Å². The summed E-state index contributed by atoms with van der Waals surface area (Å²) in [5.74, 6) is 2.77. The molecular weight excluding hydrogens is 256 g/mol.